The maximum absolute atomic E-state index is 9.04. The molecule has 0 atom stereocenters. The summed E-state index contributed by atoms with van der Waals surface area (Å²) in [5.41, 5.74) is 7.91. The highest BCUT2D eigenvalue weighted by molar-refractivity contribution is 6.76. The summed E-state index contributed by atoms with van der Waals surface area (Å²) in [5, 5.41) is 18.3. The maximum atomic E-state index is 9.04. The number of azide groups is 1. The molecule has 37 heavy (non-hydrogen) atoms. The van der Waals surface area contributed by atoms with Crippen LogP contribution in [0.2, 0.25) is 39.3 Å². The molecule has 1 N–H and O–H groups in total. The number of terminal acetylenes is 1. The third kappa shape index (κ3) is 47.9. The monoisotopic (exact) mass is 604 g/mol. The number of aldehydes is 1. The van der Waals surface area contributed by atoms with Gasteiger partial charge in [0.25, 0.3) is 5.88 Å². The molecule has 1 aromatic heterocycles. The lowest BCUT2D eigenvalue weighted by Crippen LogP contribution is -2.28. The Balaban J connectivity index is -0.000000121. The third-order valence-corrected chi connectivity index (χ3v) is 5.54. The minimum absolute atomic E-state index is 0.111. The molecule has 0 aliphatic heterocycles. The molecule has 0 bridgehead atoms. The van der Waals surface area contributed by atoms with Gasteiger partial charge in [0.15, 0.2) is 6.29 Å². The molecule has 0 saturated heterocycles. The normalized spacial score (nSPS) is 9.24. The van der Waals surface area contributed by atoms with Crippen LogP contribution in [0.1, 0.15) is 0 Å². The number of rotatable bonds is 9. The van der Waals surface area contributed by atoms with Crippen molar-refractivity contribution in [2.24, 2.45) is 5.11 Å². The first-order chi connectivity index (χ1) is 17.2. The van der Waals surface area contributed by atoms with E-state index in [-0.39, 0.29) is 12.2 Å². The van der Waals surface area contributed by atoms with Gasteiger partial charge < -0.3 is 28.8 Å². The Morgan fingerprint density at radius 1 is 1.16 bits per heavy atom. The van der Waals surface area contributed by atoms with Crippen LogP contribution < -0.4 is 4.74 Å². The lowest BCUT2D eigenvalue weighted by atomic mass is 10.7. The Bertz CT molecular complexity index is 697. The van der Waals surface area contributed by atoms with Crippen LogP contribution in [0.4, 0.5) is 0 Å². The fourth-order valence-electron chi connectivity index (χ4n) is 1.40. The summed E-state index contributed by atoms with van der Waals surface area (Å²) in [6.45, 7) is 13.4. The van der Waals surface area contributed by atoms with Crippen LogP contribution in [0.5, 0.6) is 5.88 Å². The zero-order chi connectivity index (χ0) is 30.3. The van der Waals surface area contributed by atoms with E-state index < -0.39 is 16.1 Å². The van der Waals surface area contributed by atoms with Crippen molar-refractivity contribution in [1.29, 1.82) is 0 Å². The van der Waals surface area contributed by atoms with Crippen molar-refractivity contribution in [3.63, 3.8) is 0 Å². The summed E-state index contributed by atoms with van der Waals surface area (Å²) in [6, 6.07) is 0. The topological polar surface area (TPSA) is 154 Å². The predicted molar refractivity (Wildman–Crippen MR) is 157 cm³/mol. The average Bonchev–Trinajstić information content (AvgIpc) is 3.31. The molecular weight excluding hydrogens is 559 g/mol. The van der Waals surface area contributed by atoms with E-state index in [1.165, 1.54) is 7.11 Å². The van der Waals surface area contributed by atoms with E-state index in [0.29, 0.717) is 24.2 Å². The van der Waals surface area contributed by atoms with Crippen molar-refractivity contribution in [2.75, 3.05) is 53.5 Å². The quantitative estimate of drug-likeness (QED) is 0.0634. The molecule has 0 amide bonds. The molecule has 0 aliphatic carbocycles. The van der Waals surface area contributed by atoms with Gasteiger partial charge in [-0.25, -0.2) is 0 Å². The van der Waals surface area contributed by atoms with Crippen molar-refractivity contribution < 1.29 is 28.8 Å². The number of ether oxygens (including phenoxy) is 4. The molecule has 0 fully saturated rings. The Kier molecular flexibility index (Phi) is 39.3. The molecule has 1 rings (SSSR count). The van der Waals surface area contributed by atoms with Gasteiger partial charge >= 0.3 is 0 Å². The van der Waals surface area contributed by atoms with Crippen molar-refractivity contribution in [3.8, 4) is 18.4 Å². The minimum Gasteiger partial charge on any atom is -0.479 e. The number of nitrogens with zero attached hydrogens (tertiary/aromatic N) is 6. The molecule has 1 aromatic rings. The lowest BCUT2D eigenvalue weighted by molar-refractivity contribution is -0.105. The van der Waals surface area contributed by atoms with E-state index in [1.807, 2.05) is 17.0 Å². The van der Waals surface area contributed by atoms with Gasteiger partial charge in [-0.05, 0) is 5.53 Å². The molecule has 0 radical (unpaired) electrons. The number of carbonyl (C=O) groups excluding carboxylic acids is 1. The maximum Gasteiger partial charge on any atom is 0.253 e. The number of alkyl halides is 2. The second-order valence-corrected chi connectivity index (χ2v) is 20.2. The first-order valence-electron chi connectivity index (χ1n) is 10.7. The molecule has 1 heterocycles. The Morgan fingerprint density at radius 3 is 1.78 bits per heavy atom. The van der Waals surface area contributed by atoms with E-state index in [4.69, 9.17) is 52.8 Å². The summed E-state index contributed by atoms with van der Waals surface area (Å²) >= 11 is 10.1. The van der Waals surface area contributed by atoms with Crippen LogP contribution in [0.15, 0.2) is 11.3 Å². The van der Waals surface area contributed by atoms with Crippen LogP contribution in [0, 0.1) is 12.5 Å². The van der Waals surface area contributed by atoms with E-state index in [1.54, 1.807) is 21.3 Å². The van der Waals surface area contributed by atoms with Crippen molar-refractivity contribution in [1.82, 2.24) is 15.0 Å². The van der Waals surface area contributed by atoms with Gasteiger partial charge in [-0.1, -0.05) is 61.1 Å². The van der Waals surface area contributed by atoms with Gasteiger partial charge in [0.05, 0.1) is 48.3 Å². The Labute approximate surface area is 234 Å². The number of halogens is 2. The van der Waals surface area contributed by atoms with Crippen LogP contribution in [0.3, 0.4) is 0 Å². The number of aromatic nitrogens is 3. The molecule has 218 valence electrons. The van der Waals surface area contributed by atoms with E-state index in [0.717, 1.165) is 13.3 Å². The first kappa shape index (κ1) is 45.1. The van der Waals surface area contributed by atoms with E-state index in [2.05, 4.69) is 70.8 Å². The molecule has 0 unspecified atom stereocenters. The molecule has 12 nitrogen and oxygen atoms in total. The average molecular weight is 606 g/mol. The number of carbonyl (C=O) groups is 1. The fourth-order valence-corrected chi connectivity index (χ4v) is 3.27. The predicted octanol–water partition coefficient (Wildman–Crippen LogP) is 4.44. The summed E-state index contributed by atoms with van der Waals surface area (Å²) < 4.78 is 20.2. The summed E-state index contributed by atoms with van der Waals surface area (Å²) in [5.74, 6) is 1.08. The SMILES string of the molecule is C#COC.CO.COC(CCl)OC.COc1cn(C[Si](C)(C)C)nn1.C[Si](C)(C)CN=[N+]=[N-].O=CCCl. The molecule has 0 spiro atoms. The fraction of sp³-hybridized carbons (Fsp3) is 0.762. The first-order valence-corrected chi connectivity index (χ1v) is 19.2. The highest BCUT2D eigenvalue weighted by atomic mass is 35.5. The van der Waals surface area contributed by atoms with Crippen molar-refractivity contribution in [3.05, 3.63) is 16.6 Å². The van der Waals surface area contributed by atoms with Crippen LogP contribution in [-0.2, 0) is 25.2 Å². The standard InChI is InChI=1S/C7H15N3OSi.C4H9ClO2.C4H11N3Si.C3H4O.C2H3ClO.CH4O/c1-11-7-5-10(9-8-7)6-12(2,3)4;1-6-4(3-5)7-2;1-8(2,3)4-6-7-5;1-3-4-2;3-1-2-4;1-2/h5H,6H2,1-4H3;4H,3H2,1-2H3;4H2,1-3H3;1H,2H3;2H,1H2;2H,1H3. The second-order valence-electron chi connectivity index (χ2n) is 8.67. The van der Waals surface area contributed by atoms with Gasteiger partial charge in [-0.3, -0.25) is 4.68 Å². The highest BCUT2D eigenvalue weighted by Gasteiger charge is 2.15. The van der Waals surface area contributed by atoms with Gasteiger partial charge in [-0.15, -0.1) is 23.2 Å². The number of hydrogen-bond acceptors (Lipinski definition) is 9. The van der Waals surface area contributed by atoms with Crippen LogP contribution in [0.25, 0.3) is 10.4 Å². The Morgan fingerprint density at radius 2 is 1.62 bits per heavy atom. The summed E-state index contributed by atoms with van der Waals surface area (Å²) in [7, 11) is 4.96. The zero-order valence-electron chi connectivity index (χ0n) is 24.1. The van der Waals surface area contributed by atoms with Gasteiger partial charge in [0.1, 0.15) is 12.4 Å². The molecule has 0 aromatic carbocycles. The van der Waals surface area contributed by atoms with Crippen LogP contribution >= 0.6 is 23.2 Å². The molecular formula is C21H46Cl2N6O6Si2. The van der Waals surface area contributed by atoms with E-state index in [9.17, 15) is 0 Å². The lowest BCUT2D eigenvalue weighted by Gasteiger charge is -2.14. The number of aliphatic hydroxyl groups is 1. The van der Waals surface area contributed by atoms with Gasteiger partial charge in [0.2, 0.25) is 0 Å². The number of aliphatic hydroxyl groups excluding tert-OH is 1. The summed E-state index contributed by atoms with van der Waals surface area (Å²) in [6.07, 6.45) is 10.4. The largest absolute Gasteiger partial charge is 0.479 e. The van der Waals surface area contributed by atoms with Crippen molar-refractivity contribution in [2.45, 2.75) is 51.7 Å². The Hall–Kier alpha value is -1.83. The molecule has 0 aliphatic rings. The number of hydrogen-bond donors (Lipinski definition) is 1. The minimum atomic E-state index is -1.10. The smallest absolute Gasteiger partial charge is 0.253 e. The van der Waals surface area contributed by atoms with E-state index >= 15 is 0 Å². The molecule has 0 saturated carbocycles. The molecule has 16 heteroatoms. The van der Waals surface area contributed by atoms with Gasteiger partial charge in [0, 0.05) is 38.6 Å². The second kappa shape index (κ2) is 32.2. The summed E-state index contributed by atoms with van der Waals surface area (Å²) in [4.78, 5) is 11.7. The highest BCUT2D eigenvalue weighted by Crippen LogP contribution is 2.07. The van der Waals surface area contributed by atoms with Gasteiger partial charge in [-0.2, -0.15) is 0 Å². The third-order valence-electron chi connectivity index (χ3n) is 2.80. The zero-order valence-corrected chi connectivity index (χ0v) is 27.6. The van der Waals surface area contributed by atoms with Crippen molar-refractivity contribution >= 4 is 45.6 Å². The number of methoxy groups -OCH3 is 4. The van der Waals surface area contributed by atoms with Crippen LogP contribution in [-0.4, -0.2) is 102 Å².